The Bertz CT molecular complexity index is 417. The summed E-state index contributed by atoms with van der Waals surface area (Å²) < 4.78 is 0. The predicted molar refractivity (Wildman–Crippen MR) is 70.7 cm³/mol. The van der Waals surface area contributed by atoms with Gasteiger partial charge in [-0.05, 0) is 31.6 Å². The van der Waals surface area contributed by atoms with Crippen molar-refractivity contribution in [1.82, 2.24) is 20.1 Å². The van der Waals surface area contributed by atoms with Gasteiger partial charge in [0.25, 0.3) is 5.91 Å². The van der Waals surface area contributed by atoms with E-state index in [1.165, 1.54) is 0 Å². The van der Waals surface area contributed by atoms with Gasteiger partial charge in [0.05, 0.1) is 0 Å². The summed E-state index contributed by atoms with van der Waals surface area (Å²) in [7, 11) is 0. The van der Waals surface area contributed by atoms with Crippen molar-refractivity contribution in [3.05, 3.63) is 11.6 Å². The Labute approximate surface area is 113 Å². The van der Waals surface area contributed by atoms with E-state index < -0.39 is 0 Å². The summed E-state index contributed by atoms with van der Waals surface area (Å²) in [4.78, 5) is 18.3. The van der Waals surface area contributed by atoms with Crippen LogP contribution in [-0.2, 0) is 6.42 Å². The quantitative estimate of drug-likeness (QED) is 0.832. The molecule has 2 heterocycles. The number of nitrogens with zero attached hydrogens (tertiary/aromatic N) is 3. The second-order valence-electron chi connectivity index (χ2n) is 5.13. The number of aliphatic hydroxyl groups is 1. The highest BCUT2D eigenvalue weighted by Gasteiger charge is 2.26. The molecular weight excluding hydrogens is 244 g/mol. The predicted octanol–water partition coefficient (Wildman–Crippen LogP) is 0.992. The molecule has 1 saturated heterocycles. The molecule has 1 aliphatic heterocycles. The first-order valence-electron chi connectivity index (χ1n) is 7.06. The van der Waals surface area contributed by atoms with E-state index in [4.69, 9.17) is 5.11 Å². The van der Waals surface area contributed by atoms with Gasteiger partial charge in [0.2, 0.25) is 5.82 Å². The Morgan fingerprint density at radius 2 is 2.42 bits per heavy atom. The molecule has 19 heavy (non-hydrogen) atoms. The standard InChI is InChI=1S/C13H22N4O2/c1-2-4-11-14-12(16-15-11)13(19)17-7-3-5-10(9-17)6-8-18/h10,18H,2-9H2,1H3,(H,14,15,16). The maximum Gasteiger partial charge on any atom is 0.293 e. The van der Waals surface area contributed by atoms with Crippen LogP contribution in [0.15, 0.2) is 0 Å². The van der Waals surface area contributed by atoms with Crippen LogP contribution in [0.25, 0.3) is 0 Å². The zero-order valence-corrected chi connectivity index (χ0v) is 11.4. The zero-order chi connectivity index (χ0) is 13.7. The third-order valence-corrected chi connectivity index (χ3v) is 3.55. The van der Waals surface area contributed by atoms with Crippen molar-refractivity contribution in [3.63, 3.8) is 0 Å². The van der Waals surface area contributed by atoms with Crippen molar-refractivity contribution in [2.75, 3.05) is 19.7 Å². The third kappa shape index (κ3) is 3.53. The highest BCUT2D eigenvalue weighted by Crippen LogP contribution is 2.20. The number of H-pyrrole nitrogens is 1. The first-order valence-corrected chi connectivity index (χ1v) is 7.06. The van der Waals surface area contributed by atoms with E-state index in [9.17, 15) is 4.79 Å². The van der Waals surface area contributed by atoms with Gasteiger partial charge < -0.3 is 10.0 Å². The lowest BCUT2D eigenvalue weighted by Crippen LogP contribution is -2.40. The fraction of sp³-hybridized carbons (Fsp3) is 0.769. The summed E-state index contributed by atoms with van der Waals surface area (Å²) in [6.07, 6.45) is 4.62. The lowest BCUT2D eigenvalue weighted by atomic mass is 9.95. The molecule has 6 heteroatoms. The summed E-state index contributed by atoms with van der Waals surface area (Å²) in [6, 6.07) is 0. The van der Waals surface area contributed by atoms with Crippen LogP contribution in [0.3, 0.4) is 0 Å². The molecule has 1 atom stereocenters. The maximum absolute atomic E-state index is 12.3. The van der Waals surface area contributed by atoms with Crippen LogP contribution in [0.4, 0.5) is 0 Å². The zero-order valence-electron chi connectivity index (χ0n) is 11.4. The number of carbonyl (C=O) groups is 1. The molecule has 0 saturated carbocycles. The summed E-state index contributed by atoms with van der Waals surface area (Å²) in [5.74, 6) is 1.35. The molecule has 1 aliphatic rings. The van der Waals surface area contributed by atoms with Gasteiger partial charge in [0.1, 0.15) is 5.82 Å². The Hall–Kier alpha value is -1.43. The van der Waals surface area contributed by atoms with Gasteiger partial charge >= 0.3 is 0 Å². The Kier molecular flexibility index (Phi) is 4.90. The van der Waals surface area contributed by atoms with E-state index in [2.05, 4.69) is 22.1 Å². The molecule has 6 nitrogen and oxygen atoms in total. The minimum Gasteiger partial charge on any atom is -0.396 e. The molecule has 0 aliphatic carbocycles. The second-order valence-corrected chi connectivity index (χ2v) is 5.13. The van der Waals surface area contributed by atoms with Crippen molar-refractivity contribution in [1.29, 1.82) is 0 Å². The van der Waals surface area contributed by atoms with Gasteiger partial charge in [-0.2, -0.15) is 0 Å². The fourth-order valence-electron chi connectivity index (χ4n) is 2.55. The minimum atomic E-state index is -0.0961. The van der Waals surface area contributed by atoms with Gasteiger partial charge in [-0.1, -0.05) is 6.92 Å². The molecule has 1 fully saturated rings. The fourth-order valence-corrected chi connectivity index (χ4v) is 2.55. The number of piperidine rings is 1. The van der Waals surface area contributed by atoms with Crippen LogP contribution in [0.2, 0.25) is 0 Å². The highest BCUT2D eigenvalue weighted by molar-refractivity contribution is 5.90. The molecule has 0 spiro atoms. The average Bonchev–Trinajstić information content (AvgIpc) is 2.88. The third-order valence-electron chi connectivity index (χ3n) is 3.55. The van der Waals surface area contributed by atoms with E-state index in [-0.39, 0.29) is 18.3 Å². The van der Waals surface area contributed by atoms with E-state index in [1.54, 1.807) is 0 Å². The average molecular weight is 266 g/mol. The van der Waals surface area contributed by atoms with Gasteiger partial charge in [-0.15, -0.1) is 5.10 Å². The maximum atomic E-state index is 12.3. The van der Waals surface area contributed by atoms with Crippen molar-refractivity contribution in [2.45, 2.75) is 39.0 Å². The van der Waals surface area contributed by atoms with E-state index in [0.717, 1.165) is 44.5 Å². The number of likely N-dealkylation sites (tertiary alicyclic amines) is 1. The van der Waals surface area contributed by atoms with E-state index >= 15 is 0 Å². The van der Waals surface area contributed by atoms with Crippen molar-refractivity contribution < 1.29 is 9.90 Å². The molecule has 0 bridgehead atoms. The van der Waals surface area contributed by atoms with E-state index in [1.807, 2.05) is 4.90 Å². The molecule has 2 rings (SSSR count). The largest absolute Gasteiger partial charge is 0.396 e. The van der Waals surface area contributed by atoms with Crippen molar-refractivity contribution in [2.24, 2.45) is 5.92 Å². The molecule has 2 N–H and O–H groups in total. The van der Waals surface area contributed by atoms with Crippen LogP contribution in [0.5, 0.6) is 0 Å². The molecule has 1 aromatic heterocycles. The summed E-state index contributed by atoms with van der Waals surface area (Å²) in [5, 5.41) is 15.8. The second kappa shape index (κ2) is 6.65. The van der Waals surface area contributed by atoms with Gasteiger partial charge in [-0.25, -0.2) is 4.98 Å². The monoisotopic (exact) mass is 266 g/mol. The number of aromatic amines is 1. The number of aryl methyl sites for hydroxylation is 1. The number of nitrogens with one attached hydrogen (secondary N) is 1. The minimum absolute atomic E-state index is 0.0961. The normalized spacial score (nSPS) is 19.7. The lowest BCUT2D eigenvalue weighted by Gasteiger charge is -2.31. The number of aromatic nitrogens is 3. The Morgan fingerprint density at radius 3 is 3.16 bits per heavy atom. The molecule has 0 radical (unpaired) electrons. The number of aliphatic hydroxyl groups excluding tert-OH is 1. The summed E-state index contributed by atoms with van der Waals surface area (Å²) in [5.41, 5.74) is 0. The lowest BCUT2D eigenvalue weighted by molar-refractivity contribution is 0.0642. The van der Waals surface area contributed by atoms with Crippen LogP contribution in [0, 0.1) is 5.92 Å². The Balaban J connectivity index is 1.97. The Morgan fingerprint density at radius 1 is 1.58 bits per heavy atom. The number of amides is 1. The highest BCUT2D eigenvalue weighted by atomic mass is 16.3. The molecule has 1 unspecified atom stereocenters. The number of rotatable bonds is 5. The number of hydrogen-bond acceptors (Lipinski definition) is 4. The van der Waals surface area contributed by atoms with Gasteiger partial charge in [-0.3, -0.25) is 9.89 Å². The van der Waals surface area contributed by atoms with Gasteiger partial charge in [0.15, 0.2) is 0 Å². The summed E-state index contributed by atoms with van der Waals surface area (Å²) >= 11 is 0. The first kappa shape index (κ1) is 14.0. The van der Waals surface area contributed by atoms with Crippen LogP contribution in [0.1, 0.15) is 49.1 Å². The molecule has 1 amide bonds. The molecule has 0 aromatic carbocycles. The van der Waals surface area contributed by atoms with Gasteiger partial charge in [0, 0.05) is 26.1 Å². The van der Waals surface area contributed by atoms with Crippen molar-refractivity contribution >= 4 is 5.91 Å². The molecular formula is C13H22N4O2. The van der Waals surface area contributed by atoms with E-state index in [0.29, 0.717) is 12.5 Å². The molecule has 106 valence electrons. The summed E-state index contributed by atoms with van der Waals surface area (Å²) in [6.45, 7) is 3.72. The smallest absolute Gasteiger partial charge is 0.293 e. The number of carbonyl (C=O) groups excluding carboxylic acids is 1. The van der Waals surface area contributed by atoms with Crippen molar-refractivity contribution in [3.8, 4) is 0 Å². The van der Waals surface area contributed by atoms with Crippen LogP contribution < -0.4 is 0 Å². The number of hydrogen-bond donors (Lipinski definition) is 2. The first-order chi connectivity index (χ1) is 9.24. The van der Waals surface area contributed by atoms with Crippen LogP contribution in [-0.4, -0.2) is 50.8 Å². The molecule has 1 aromatic rings. The topological polar surface area (TPSA) is 82.1 Å². The van der Waals surface area contributed by atoms with Crippen LogP contribution >= 0.6 is 0 Å². The SMILES string of the molecule is CCCc1nc(C(=O)N2CCCC(CCO)C2)n[nH]1.